The third-order valence-electron chi connectivity index (χ3n) is 2.57. The number of aromatic nitrogens is 1. The minimum atomic E-state index is -0.398. The van der Waals surface area contributed by atoms with E-state index in [1.54, 1.807) is 23.5 Å². The number of nitrogens with zero attached hydrogens (tertiary/aromatic N) is 2. The number of hydrogen-bond acceptors (Lipinski definition) is 5. The van der Waals surface area contributed by atoms with E-state index >= 15 is 0 Å². The van der Waals surface area contributed by atoms with Crippen molar-refractivity contribution >= 4 is 17.0 Å². The first kappa shape index (κ1) is 12.7. The van der Waals surface area contributed by atoms with Crippen LogP contribution in [0.5, 0.6) is 0 Å². The smallest absolute Gasteiger partial charge is 0.270 e. The molecule has 0 spiro atoms. The van der Waals surface area contributed by atoms with Crippen LogP contribution in [0.2, 0.25) is 0 Å². The van der Waals surface area contributed by atoms with Gasteiger partial charge in [0.2, 0.25) is 0 Å². The molecule has 0 amide bonds. The fourth-order valence-corrected chi connectivity index (χ4v) is 2.74. The number of nitrogens with two attached hydrogens (primary N) is 1. The molecule has 0 atom stereocenters. The van der Waals surface area contributed by atoms with Crippen LogP contribution < -0.4 is 5.73 Å². The highest BCUT2D eigenvalue weighted by atomic mass is 32.1. The second-order valence-electron chi connectivity index (χ2n) is 3.87. The van der Waals surface area contributed by atoms with Crippen LogP contribution in [-0.4, -0.2) is 16.5 Å². The van der Waals surface area contributed by atoms with Gasteiger partial charge >= 0.3 is 0 Å². The van der Waals surface area contributed by atoms with Crippen molar-refractivity contribution < 1.29 is 4.92 Å². The molecule has 18 heavy (non-hydrogen) atoms. The molecule has 1 aromatic carbocycles. The maximum absolute atomic E-state index is 10.7. The maximum atomic E-state index is 10.7. The zero-order chi connectivity index (χ0) is 13.1. The standard InChI is InChI=1S/C12H13N3O2S/c1-8-11(5-6-13)18-12(14-8)9-3-2-4-10(7-9)15(16)17/h2-4,7H,5-6,13H2,1H3. The van der Waals surface area contributed by atoms with E-state index in [-0.39, 0.29) is 5.69 Å². The SMILES string of the molecule is Cc1nc(-c2cccc([N+](=O)[O-])c2)sc1CCN. The normalized spacial score (nSPS) is 10.6. The number of thiazole rings is 1. The fraction of sp³-hybridized carbons (Fsp3) is 0.250. The van der Waals surface area contributed by atoms with Gasteiger partial charge < -0.3 is 5.73 Å². The van der Waals surface area contributed by atoms with E-state index in [0.717, 1.165) is 27.6 Å². The second-order valence-corrected chi connectivity index (χ2v) is 4.96. The van der Waals surface area contributed by atoms with Gasteiger partial charge in [0.25, 0.3) is 5.69 Å². The molecule has 0 unspecified atom stereocenters. The van der Waals surface area contributed by atoms with Crippen molar-refractivity contribution in [3.05, 3.63) is 45.0 Å². The summed E-state index contributed by atoms with van der Waals surface area (Å²) in [6, 6.07) is 6.53. The number of non-ortho nitro benzene ring substituents is 1. The first-order chi connectivity index (χ1) is 8.61. The van der Waals surface area contributed by atoms with Crippen molar-refractivity contribution in [3.8, 4) is 10.6 Å². The topological polar surface area (TPSA) is 82.0 Å². The van der Waals surface area contributed by atoms with E-state index in [9.17, 15) is 10.1 Å². The van der Waals surface area contributed by atoms with Crippen LogP contribution in [0.15, 0.2) is 24.3 Å². The molecule has 1 aromatic heterocycles. The molecular formula is C12H13N3O2S. The Labute approximate surface area is 108 Å². The van der Waals surface area contributed by atoms with E-state index in [1.807, 2.05) is 13.0 Å². The van der Waals surface area contributed by atoms with Crippen molar-refractivity contribution in [2.75, 3.05) is 6.54 Å². The summed E-state index contributed by atoms with van der Waals surface area (Å²) in [5.41, 5.74) is 7.34. The monoisotopic (exact) mass is 263 g/mol. The van der Waals surface area contributed by atoms with E-state index in [4.69, 9.17) is 5.73 Å². The van der Waals surface area contributed by atoms with Crippen LogP contribution in [0.25, 0.3) is 10.6 Å². The molecule has 94 valence electrons. The van der Waals surface area contributed by atoms with Crippen LogP contribution >= 0.6 is 11.3 Å². The Morgan fingerprint density at radius 1 is 1.50 bits per heavy atom. The molecule has 0 aliphatic heterocycles. The van der Waals surface area contributed by atoms with Crippen LogP contribution in [0.1, 0.15) is 10.6 Å². The average Bonchev–Trinajstić information content (AvgIpc) is 2.72. The predicted molar refractivity (Wildman–Crippen MR) is 71.7 cm³/mol. The second kappa shape index (κ2) is 5.24. The summed E-state index contributed by atoms with van der Waals surface area (Å²) < 4.78 is 0. The minimum absolute atomic E-state index is 0.0840. The van der Waals surface area contributed by atoms with Gasteiger partial charge in [-0.05, 0) is 19.9 Å². The highest BCUT2D eigenvalue weighted by Gasteiger charge is 2.12. The number of hydrogen-bond donors (Lipinski definition) is 1. The quantitative estimate of drug-likeness (QED) is 0.678. The molecule has 6 heteroatoms. The van der Waals surface area contributed by atoms with Crippen LogP contribution in [0.3, 0.4) is 0 Å². The molecule has 0 aliphatic rings. The highest BCUT2D eigenvalue weighted by Crippen LogP contribution is 2.30. The van der Waals surface area contributed by atoms with Crippen LogP contribution in [0.4, 0.5) is 5.69 Å². The highest BCUT2D eigenvalue weighted by molar-refractivity contribution is 7.15. The molecule has 0 fully saturated rings. The van der Waals surface area contributed by atoms with Gasteiger partial charge in [-0.3, -0.25) is 10.1 Å². The number of aryl methyl sites for hydroxylation is 1. The van der Waals surface area contributed by atoms with Gasteiger partial charge in [0.15, 0.2) is 0 Å². The minimum Gasteiger partial charge on any atom is -0.330 e. The zero-order valence-electron chi connectivity index (χ0n) is 9.92. The molecule has 2 rings (SSSR count). The number of rotatable bonds is 4. The van der Waals surface area contributed by atoms with Crippen molar-refractivity contribution in [2.45, 2.75) is 13.3 Å². The summed E-state index contributed by atoms with van der Waals surface area (Å²) in [5, 5.41) is 11.5. The molecule has 1 heterocycles. The van der Waals surface area contributed by atoms with E-state index < -0.39 is 4.92 Å². The van der Waals surface area contributed by atoms with Crippen molar-refractivity contribution in [1.29, 1.82) is 0 Å². The molecule has 0 aliphatic carbocycles. The Hall–Kier alpha value is -1.79. The average molecular weight is 263 g/mol. The van der Waals surface area contributed by atoms with Crippen molar-refractivity contribution in [1.82, 2.24) is 4.98 Å². The Balaban J connectivity index is 2.39. The summed E-state index contributed by atoms with van der Waals surface area (Å²) in [5.74, 6) is 0. The Morgan fingerprint density at radius 3 is 2.94 bits per heavy atom. The third-order valence-corrected chi connectivity index (χ3v) is 3.83. The summed E-state index contributed by atoms with van der Waals surface area (Å²) >= 11 is 1.54. The molecule has 2 N–H and O–H groups in total. The number of nitro groups is 1. The van der Waals surface area contributed by atoms with E-state index in [0.29, 0.717) is 6.54 Å². The van der Waals surface area contributed by atoms with Crippen molar-refractivity contribution in [3.63, 3.8) is 0 Å². The summed E-state index contributed by atoms with van der Waals surface area (Å²) in [4.78, 5) is 15.9. The number of nitro benzene ring substituents is 1. The van der Waals surface area contributed by atoms with Gasteiger partial charge in [-0.25, -0.2) is 4.98 Å². The van der Waals surface area contributed by atoms with Gasteiger partial charge in [0.1, 0.15) is 5.01 Å². The lowest BCUT2D eigenvalue weighted by Gasteiger charge is -1.96. The molecule has 0 bridgehead atoms. The molecule has 0 saturated carbocycles. The van der Waals surface area contributed by atoms with Crippen molar-refractivity contribution in [2.24, 2.45) is 5.73 Å². The van der Waals surface area contributed by atoms with Crippen LogP contribution in [0, 0.1) is 17.0 Å². The summed E-state index contributed by atoms with van der Waals surface area (Å²) in [6.45, 7) is 2.51. The van der Waals surface area contributed by atoms with Gasteiger partial charge in [-0.15, -0.1) is 11.3 Å². The van der Waals surface area contributed by atoms with Gasteiger partial charge in [-0.1, -0.05) is 12.1 Å². The number of benzene rings is 1. The Morgan fingerprint density at radius 2 is 2.28 bits per heavy atom. The molecule has 0 saturated heterocycles. The lowest BCUT2D eigenvalue weighted by atomic mass is 10.2. The zero-order valence-corrected chi connectivity index (χ0v) is 10.7. The van der Waals surface area contributed by atoms with Crippen LogP contribution in [-0.2, 0) is 6.42 Å². The first-order valence-electron chi connectivity index (χ1n) is 5.53. The molecular weight excluding hydrogens is 250 g/mol. The Bertz CT molecular complexity index is 580. The van der Waals surface area contributed by atoms with E-state index in [2.05, 4.69) is 4.98 Å². The lowest BCUT2D eigenvalue weighted by molar-refractivity contribution is -0.384. The summed E-state index contributed by atoms with van der Waals surface area (Å²) in [7, 11) is 0. The molecule has 0 radical (unpaired) electrons. The molecule has 2 aromatic rings. The maximum Gasteiger partial charge on any atom is 0.270 e. The lowest BCUT2D eigenvalue weighted by Crippen LogP contribution is -2.01. The van der Waals surface area contributed by atoms with E-state index in [1.165, 1.54) is 6.07 Å². The summed E-state index contributed by atoms with van der Waals surface area (Å²) in [6.07, 6.45) is 0.790. The Kier molecular flexibility index (Phi) is 3.69. The largest absolute Gasteiger partial charge is 0.330 e. The van der Waals surface area contributed by atoms with Gasteiger partial charge in [0, 0.05) is 22.6 Å². The van der Waals surface area contributed by atoms with Gasteiger partial charge in [-0.2, -0.15) is 0 Å². The first-order valence-corrected chi connectivity index (χ1v) is 6.34. The molecule has 5 nitrogen and oxygen atoms in total. The third kappa shape index (κ3) is 2.55. The van der Waals surface area contributed by atoms with Gasteiger partial charge in [0.05, 0.1) is 10.6 Å². The predicted octanol–water partition coefficient (Wildman–Crippen LogP) is 2.53. The fourth-order valence-electron chi connectivity index (χ4n) is 1.67.